The molecule has 0 heterocycles. The number of anilines is 1. The lowest BCUT2D eigenvalue weighted by Crippen LogP contribution is -2.49. The van der Waals surface area contributed by atoms with Crippen molar-refractivity contribution in [1.29, 1.82) is 0 Å². The second-order valence-electron chi connectivity index (χ2n) is 9.01. The van der Waals surface area contributed by atoms with Crippen molar-refractivity contribution < 1.29 is 18.0 Å². The molecule has 1 N–H and O–H groups in total. The average molecular weight is 502 g/mol. The van der Waals surface area contributed by atoms with Gasteiger partial charge in [0.1, 0.15) is 6.04 Å². The molecule has 8 heteroatoms. The first-order chi connectivity index (χ1) is 16.6. The number of rotatable bonds is 13. The molecule has 1 atom stereocenters. The Morgan fingerprint density at radius 3 is 2.17 bits per heavy atom. The van der Waals surface area contributed by atoms with Gasteiger partial charge >= 0.3 is 0 Å². The second kappa shape index (κ2) is 13.3. The molecule has 0 spiro atoms. The minimum atomic E-state index is -3.52. The molecule has 192 valence electrons. The number of carbonyl (C=O) groups excluding carboxylic acids is 2. The number of benzene rings is 2. The molecule has 0 aliphatic carbocycles. The fraction of sp³-hybridized carbons (Fsp3) is 0.481. The quantitative estimate of drug-likeness (QED) is 0.446. The molecule has 0 radical (unpaired) electrons. The van der Waals surface area contributed by atoms with E-state index in [9.17, 15) is 18.0 Å². The van der Waals surface area contributed by atoms with E-state index in [0.29, 0.717) is 31.6 Å². The molecule has 0 aromatic heterocycles. The molecule has 0 saturated carbocycles. The second-order valence-corrected chi connectivity index (χ2v) is 10.9. The highest BCUT2D eigenvalue weighted by molar-refractivity contribution is 7.92. The van der Waals surface area contributed by atoms with Gasteiger partial charge in [0, 0.05) is 26.1 Å². The van der Waals surface area contributed by atoms with Gasteiger partial charge in [-0.2, -0.15) is 0 Å². The van der Waals surface area contributed by atoms with Gasteiger partial charge < -0.3 is 10.2 Å². The number of hydrogen-bond donors (Lipinski definition) is 1. The first-order valence-corrected chi connectivity index (χ1v) is 14.1. The molecule has 0 aliphatic rings. The zero-order valence-electron chi connectivity index (χ0n) is 21.6. The Bertz CT molecular complexity index is 1070. The predicted octanol–water partition coefficient (Wildman–Crippen LogP) is 4.18. The molecule has 2 aromatic rings. The van der Waals surface area contributed by atoms with Crippen LogP contribution < -0.4 is 9.62 Å². The van der Waals surface area contributed by atoms with Crippen LogP contribution in [0.2, 0.25) is 0 Å². The largest absolute Gasteiger partial charge is 0.354 e. The summed E-state index contributed by atoms with van der Waals surface area (Å²) in [6.45, 7) is 8.80. The maximum atomic E-state index is 13.4. The van der Waals surface area contributed by atoms with Gasteiger partial charge in [0.2, 0.25) is 21.8 Å². The number of sulfonamides is 1. The van der Waals surface area contributed by atoms with E-state index in [1.165, 1.54) is 10.6 Å². The minimum absolute atomic E-state index is 0.140. The van der Waals surface area contributed by atoms with Crippen molar-refractivity contribution >= 4 is 27.5 Å². The highest BCUT2D eigenvalue weighted by Crippen LogP contribution is 2.22. The van der Waals surface area contributed by atoms with Crippen molar-refractivity contribution in [3.05, 3.63) is 65.2 Å². The summed E-state index contributed by atoms with van der Waals surface area (Å²) in [4.78, 5) is 27.8. The van der Waals surface area contributed by atoms with Crippen LogP contribution in [0.1, 0.15) is 56.2 Å². The van der Waals surface area contributed by atoms with E-state index in [-0.39, 0.29) is 24.8 Å². The molecule has 0 fully saturated rings. The van der Waals surface area contributed by atoms with Gasteiger partial charge in [-0.3, -0.25) is 13.9 Å². The predicted molar refractivity (Wildman–Crippen MR) is 142 cm³/mol. The zero-order valence-corrected chi connectivity index (χ0v) is 22.4. The van der Waals surface area contributed by atoms with Crippen molar-refractivity contribution in [3.8, 4) is 0 Å². The van der Waals surface area contributed by atoms with Gasteiger partial charge in [0.05, 0.1) is 11.9 Å². The topological polar surface area (TPSA) is 86.8 Å². The van der Waals surface area contributed by atoms with Crippen molar-refractivity contribution in [1.82, 2.24) is 10.2 Å². The van der Waals surface area contributed by atoms with Crippen molar-refractivity contribution in [2.24, 2.45) is 0 Å². The molecule has 2 rings (SSSR count). The first kappa shape index (κ1) is 28.4. The number of hydrogen-bond acceptors (Lipinski definition) is 4. The summed E-state index contributed by atoms with van der Waals surface area (Å²) in [6, 6.07) is 14.7. The molecule has 0 saturated heterocycles. The summed E-state index contributed by atoms with van der Waals surface area (Å²) in [6.07, 6.45) is 2.97. The molecule has 0 unspecified atom stereocenters. The number of amides is 2. The van der Waals surface area contributed by atoms with Crippen molar-refractivity contribution in [2.45, 2.75) is 66.0 Å². The molecule has 0 bridgehead atoms. The number of carbonyl (C=O) groups is 2. The molecule has 35 heavy (non-hydrogen) atoms. The molecule has 2 aromatic carbocycles. The molecule has 2 amide bonds. The van der Waals surface area contributed by atoms with Gasteiger partial charge in [0.15, 0.2) is 0 Å². The lowest BCUT2D eigenvalue weighted by atomic mass is 10.1. The van der Waals surface area contributed by atoms with Crippen LogP contribution in [0.3, 0.4) is 0 Å². The molecular formula is C27H39N3O4S. The highest BCUT2D eigenvalue weighted by Gasteiger charge is 2.28. The van der Waals surface area contributed by atoms with Crippen LogP contribution in [0.15, 0.2) is 48.5 Å². The highest BCUT2D eigenvalue weighted by atomic mass is 32.2. The maximum absolute atomic E-state index is 13.4. The Kier molecular flexibility index (Phi) is 10.8. The van der Waals surface area contributed by atoms with Crippen LogP contribution >= 0.6 is 0 Å². The van der Waals surface area contributed by atoms with E-state index in [4.69, 9.17) is 0 Å². The summed E-state index contributed by atoms with van der Waals surface area (Å²) in [5, 5.41) is 2.91. The van der Waals surface area contributed by atoms with Gasteiger partial charge in [-0.25, -0.2) is 8.42 Å². The van der Waals surface area contributed by atoms with Crippen LogP contribution in [-0.2, 0) is 26.2 Å². The first-order valence-electron chi connectivity index (χ1n) is 12.2. The van der Waals surface area contributed by atoms with Crippen molar-refractivity contribution in [2.75, 3.05) is 23.7 Å². The number of nitrogens with one attached hydrogen (secondary N) is 1. The van der Waals surface area contributed by atoms with Crippen LogP contribution in [0.25, 0.3) is 0 Å². The lowest BCUT2D eigenvalue weighted by Gasteiger charge is -2.31. The smallest absolute Gasteiger partial charge is 0.242 e. The molecule has 0 aliphatic heterocycles. The normalized spacial score (nSPS) is 12.1. The summed E-state index contributed by atoms with van der Waals surface area (Å²) < 4.78 is 26.4. The van der Waals surface area contributed by atoms with E-state index < -0.39 is 16.1 Å². The Balaban J connectivity index is 2.20. The Hall–Kier alpha value is -2.87. The summed E-state index contributed by atoms with van der Waals surface area (Å²) >= 11 is 0. The van der Waals surface area contributed by atoms with E-state index in [0.717, 1.165) is 23.1 Å². The van der Waals surface area contributed by atoms with E-state index >= 15 is 0 Å². The van der Waals surface area contributed by atoms with Crippen LogP contribution in [-0.4, -0.2) is 50.5 Å². The van der Waals surface area contributed by atoms with E-state index in [1.807, 2.05) is 76.2 Å². The maximum Gasteiger partial charge on any atom is 0.242 e. The summed E-state index contributed by atoms with van der Waals surface area (Å²) in [7, 11) is -3.52. The van der Waals surface area contributed by atoms with Gasteiger partial charge in [-0.05, 0) is 61.9 Å². The minimum Gasteiger partial charge on any atom is -0.354 e. The van der Waals surface area contributed by atoms with E-state index in [2.05, 4.69) is 5.32 Å². The third-order valence-corrected chi connectivity index (χ3v) is 6.97. The van der Waals surface area contributed by atoms with Gasteiger partial charge in [-0.15, -0.1) is 0 Å². The van der Waals surface area contributed by atoms with Gasteiger partial charge in [0.25, 0.3) is 0 Å². The zero-order chi connectivity index (χ0) is 26.0. The Morgan fingerprint density at radius 2 is 1.63 bits per heavy atom. The van der Waals surface area contributed by atoms with Crippen LogP contribution in [0.4, 0.5) is 5.69 Å². The molecular weight excluding hydrogens is 462 g/mol. The molecule has 7 nitrogen and oxygen atoms in total. The standard InChI is InChI=1S/C27H39N3O4S/c1-6-15-28-27(32)25(7-2)29(20-23-12-9-8-10-13-23)26(31)14-11-16-30(35(5,33)34)24-18-21(3)17-22(4)19-24/h8-10,12-13,17-19,25H,6-7,11,14-16,20H2,1-5H3,(H,28,32)/t25-/m1/s1. The van der Waals surface area contributed by atoms with Crippen LogP contribution in [0, 0.1) is 13.8 Å². The number of nitrogens with zero attached hydrogens (tertiary/aromatic N) is 2. The SMILES string of the molecule is CCCNC(=O)[C@@H](CC)N(Cc1ccccc1)C(=O)CCCN(c1cc(C)cc(C)c1)S(C)(=O)=O. The lowest BCUT2D eigenvalue weighted by molar-refractivity contribution is -0.141. The van der Waals surface area contributed by atoms with Gasteiger partial charge in [-0.1, -0.05) is 50.2 Å². The number of aryl methyl sites for hydroxylation is 2. The fourth-order valence-electron chi connectivity index (χ4n) is 4.16. The fourth-order valence-corrected chi connectivity index (χ4v) is 5.11. The average Bonchev–Trinajstić information content (AvgIpc) is 2.79. The van der Waals surface area contributed by atoms with Crippen molar-refractivity contribution in [3.63, 3.8) is 0 Å². The third-order valence-electron chi connectivity index (χ3n) is 5.78. The Morgan fingerprint density at radius 1 is 1.00 bits per heavy atom. The monoisotopic (exact) mass is 501 g/mol. The van der Waals surface area contributed by atoms with Crippen LogP contribution in [0.5, 0.6) is 0 Å². The third kappa shape index (κ3) is 8.69. The van der Waals surface area contributed by atoms with E-state index in [1.54, 1.807) is 4.90 Å². The summed E-state index contributed by atoms with van der Waals surface area (Å²) in [5.41, 5.74) is 3.49. The Labute approximate surface area is 210 Å². The summed E-state index contributed by atoms with van der Waals surface area (Å²) in [5.74, 6) is -0.326.